The van der Waals surface area contributed by atoms with Gasteiger partial charge in [-0.1, -0.05) is 27.7 Å². The van der Waals surface area contributed by atoms with Crippen LogP contribution in [0, 0.1) is 16.7 Å². The van der Waals surface area contributed by atoms with Crippen LogP contribution in [-0.4, -0.2) is 21.3 Å². The smallest absolute Gasteiger partial charge is 0.203 e. The van der Waals surface area contributed by atoms with Gasteiger partial charge in [0.2, 0.25) is 5.75 Å². The summed E-state index contributed by atoms with van der Waals surface area (Å²) in [7, 11) is 4.86. The number of hydrogen-bond donors (Lipinski definition) is 0. The Hall–Kier alpha value is -1.09. The Kier molecular flexibility index (Phi) is 4.09. The van der Waals surface area contributed by atoms with Crippen molar-refractivity contribution in [3.63, 3.8) is 0 Å². The van der Waals surface area contributed by atoms with Crippen LogP contribution in [0.4, 0.5) is 0 Å². The van der Waals surface area contributed by atoms with Gasteiger partial charge < -0.3 is 14.2 Å². The molecule has 4 heteroatoms. The SMILES string of the molecule is COc1ccc(C(Cl)C2C(C)(C)C2(C)C)c(OC)c1OC. The minimum atomic E-state index is -0.121. The van der Waals surface area contributed by atoms with Crippen LogP contribution in [0.5, 0.6) is 17.2 Å². The van der Waals surface area contributed by atoms with Gasteiger partial charge in [-0.2, -0.15) is 0 Å². The number of ether oxygens (including phenoxy) is 3. The molecule has 2 rings (SSSR count). The lowest BCUT2D eigenvalue weighted by atomic mass is 10.0. The van der Waals surface area contributed by atoms with Crippen molar-refractivity contribution in [2.45, 2.75) is 33.1 Å². The van der Waals surface area contributed by atoms with Crippen LogP contribution in [0.1, 0.15) is 38.6 Å². The number of benzene rings is 1. The van der Waals surface area contributed by atoms with Gasteiger partial charge in [0.25, 0.3) is 0 Å². The first-order valence-corrected chi connectivity index (χ1v) is 7.60. The average molecular weight is 313 g/mol. The number of alkyl halides is 1. The summed E-state index contributed by atoms with van der Waals surface area (Å²) in [5.74, 6) is 2.30. The molecule has 1 unspecified atom stereocenters. The number of hydrogen-bond acceptors (Lipinski definition) is 3. The van der Waals surface area contributed by atoms with Gasteiger partial charge >= 0.3 is 0 Å². The highest BCUT2D eigenvalue weighted by atomic mass is 35.5. The van der Waals surface area contributed by atoms with Crippen LogP contribution in [0.3, 0.4) is 0 Å². The van der Waals surface area contributed by atoms with Gasteiger partial charge in [-0.15, -0.1) is 11.6 Å². The van der Waals surface area contributed by atoms with Crippen molar-refractivity contribution in [1.29, 1.82) is 0 Å². The maximum absolute atomic E-state index is 6.80. The molecule has 3 nitrogen and oxygen atoms in total. The zero-order valence-corrected chi connectivity index (χ0v) is 14.7. The molecule has 0 spiro atoms. The van der Waals surface area contributed by atoms with E-state index in [1.807, 2.05) is 12.1 Å². The molecule has 0 heterocycles. The summed E-state index contributed by atoms with van der Waals surface area (Å²) in [6, 6.07) is 3.86. The minimum absolute atomic E-state index is 0.121. The average Bonchev–Trinajstić information content (AvgIpc) is 2.85. The lowest BCUT2D eigenvalue weighted by Crippen LogP contribution is -2.04. The minimum Gasteiger partial charge on any atom is -0.493 e. The Morgan fingerprint density at radius 3 is 1.81 bits per heavy atom. The maximum Gasteiger partial charge on any atom is 0.203 e. The summed E-state index contributed by atoms with van der Waals surface area (Å²) in [4.78, 5) is 0. The molecule has 1 atom stereocenters. The van der Waals surface area contributed by atoms with Crippen molar-refractivity contribution in [1.82, 2.24) is 0 Å². The van der Waals surface area contributed by atoms with Crippen LogP contribution in [0.25, 0.3) is 0 Å². The second kappa shape index (κ2) is 5.28. The van der Waals surface area contributed by atoms with Crippen molar-refractivity contribution in [3.8, 4) is 17.2 Å². The lowest BCUT2D eigenvalue weighted by molar-refractivity contribution is 0.321. The van der Waals surface area contributed by atoms with Crippen molar-refractivity contribution in [3.05, 3.63) is 17.7 Å². The first kappa shape index (κ1) is 16.3. The van der Waals surface area contributed by atoms with Gasteiger partial charge in [-0.25, -0.2) is 0 Å². The van der Waals surface area contributed by atoms with E-state index in [1.165, 1.54) is 0 Å². The maximum atomic E-state index is 6.80. The van der Waals surface area contributed by atoms with Gasteiger partial charge in [0.05, 0.1) is 26.7 Å². The molecule has 1 fully saturated rings. The summed E-state index contributed by atoms with van der Waals surface area (Å²) in [6.07, 6.45) is 0. The van der Waals surface area contributed by atoms with Gasteiger partial charge in [-0.3, -0.25) is 0 Å². The van der Waals surface area contributed by atoms with Crippen molar-refractivity contribution in [2.75, 3.05) is 21.3 Å². The Labute approximate surface area is 132 Å². The third kappa shape index (κ3) is 2.26. The Balaban J connectivity index is 2.46. The predicted molar refractivity (Wildman–Crippen MR) is 85.7 cm³/mol. The normalized spacial score (nSPS) is 20.8. The summed E-state index contributed by atoms with van der Waals surface area (Å²) >= 11 is 6.80. The molecule has 0 aromatic heterocycles. The van der Waals surface area contributed by atoms with Crippen LogP contribution >= 0.6 is 11.6 Å². The fourth-order valence-electron chi connectivity index (χ4n) is 3.50. The number of rotatable bonds is 5. The van der Waals surface area contributed by atoms with Crippen LogP contribution < -0.4 is 14.2 Å². The molecule has 0 amide bonds. The highest BCUT2D eigenvalue weighted by molar-refractivity contribution is 6.21. The second-order valence-corrected chi connectivity index (χ2v) is 7.22. The molecule has 1 aliphatic carbocycles. The van der Waals surface area contributed by atoms with Crippen molar-refractivity contribution >= 4 is 11.6 Å². The number of methoxy groups -OCH3 is 3. The largest absolute Gasteiger partial charge is 0.493 e. The summed E-state index contributed by atoms with van der Waals surface area (Å²) in [5.41, 5.74) is 1.37. The van der Waals surface area contributed by atoms with E-state index >= 15 is 0 Å². The monoisotopic (exact) mass is 312 g/mol. The zero-order valence-electron chi connectivity index (χ0n) is 13.9. The first-order chi connectivity index (χ1) is 9.73. The molecule has 0 saturated heterocycles. The Bertz CT molecular complexity index is 523. The van der Waals surface area contributed by atoms with E-state index in [0.29, 0.717) is 23.2 Å². The molecule has 0 radical (unpaired) electrons. The Morgan fingerprint density at radius 1 is 0.905 bits per heavy atom. The van der Waals surface area contributed by atoms with Crippen LogP contribution in [-0.2, 0) is 0 Å². The molecule has 1 saturated carbocycles. The molecule has 1 aromatic rings. The molecule has 21 heavy (non-hydrogen) atoms. The van der Waals surface area contributed by atoms with E-state index in [9.17, 15) is 0 Å². The van der Waals surface area contributed by atoms with E-state index in [4.69, 9.17) is 25.8 Å². The second-order valence-electron chi connectivity index (χ2n) is 6.75. The number of halogens is 1. The van der Waals surface area contributed by atoms with Crippen LogP contribution in [0.2, 0.25) is 0 Å². The molecule has 0 N–H and O–H groups in total. The van der Waals surface area contributed by atoms with Gasteiger partial charge in [0.15, 0.2) is 11.5 Å². The standard InChI is InChI=1S/C17H25ClO3/c1-16(2)15(17(16,3)4)12(18)10-8-9-11(19-5)14(21-7)13(10)20-6/h8-9,12,15H,1-7H3. The molecular weight excluding hydrogens is 288 g/mol. The molecule has 0 aliphatic heterocycles. The molecular formula is C17H25ClO3. The summed E-state index contributed by atoms with van der Waals surface area (Å²) in [6.45, 7) is 9.06. The van der Waals surface area contributed by atoms with E-state index < -0.39 is 0 Å². The third-order valence-corrected chi connectivity index (χ3v) is 5.94. The molecule has 118 valence electrons. The first-order valence-electron chi connectivity index (χ1n) is 7.17. The summed E-state index contributed by atoms with van der Waals surface area (Å²) < 4.78 is 16.3. The van der Waals surface area contributed by atoms with Crippen molar-refractivity contribution < 1.29 is 14.2 Å². The van der Waals surface area contributed by atoms with Gasteiger partial charge in [-0.05, 0) is 28.9 Å². The molecule has 1 aromatic carbocycles. The predicted octanol–water partition coefficient (Wildman–Crippen LogP) is 4.67. The van der Waals surface area contributed by atoms with Gasteiger partial charge in [0.1, 0.15) is 0 Å². The summed E-state index contributed by atoms with van der Waals surface area (Å²) in [5, 5.41) is -0.121. The molecule has 0 bridgehead atoms. The van der Waals surface area contributed by atoms with E-state index in [1.54, 1.807) is 21.3 Å². The molecule has 1 aliphatic rings. The highest BCUT2D eigenvalue weighted by Gasteiger charge is 2.67. The quantitative estimate of drug-likeness (QED) is 0.739. The van der Waals surface area contributed by atoms with E-state index in [2.05, 4.69) is 27.7 Å². The zero-order chi connectivity index (χ0) is 16.0. The third-order valence-electron chi connectivity index (χ3n) is 5.46. The fraction of sp³-hybridized carbons (Fsp3) is 0.647. The van der Waals surface area contributed by atoms with E-state index in [-0.39, 0.29) is 16.2 Å². The highest BCUT2D eigenvalue weighted by Crippen LogP contribution is 2.74. The van der Waals surface area contributed by atoms with Crippen LogP contribution in [0.15, 0.2) is 12.1 Å². The van der Waals surface area contributed by atoms with Gasteiger partial charge in [0, 0.05) is 5.56 Å². The van der Waals surface area contributed by atoms with E-state index in [0.717, 1.165) is 5.56 Å². The lowest BCUT2D eigenvalue weighted by Gasteiger charge is -2.19. The topological polar surface area (TPSA) is 27.7 Å². The fourth-order valence-corrected chi connectivity index (χ4v) is 4.30. The van der Waals surface area contributed by atoms with Crippen molar-refractivity contribution in [2.24, 2.45) is 16.7 Å². The Morgan fingerprint density at radius 2 is 1.43 bits per heavy atom.